The Labute approximate surface area is 171 Å². The summed E-state index contributed by atoms with van der Waals surface area (Å²) >= 11 is 5.32. The smallest absolute Gasteiger partial charge is 0.191 e. The van der Waals surface area contributed by atoms with Gasteiger partial charge in [0.05, 0.1) is 6.21 Å². The average Bonchev–Trinajstić information content (AvgIpc) is 2.72. The first-order valence-electron chi connectivity index (χ1n) is 9.10. The zero-order valence-electron chi connectivity index (χ0n) is 16.3. The summed E-state index contributed by atoms with van der Waals surface area (Å²) in [6.07, 6.45) is 1.75. The number of hydrazone groups is 1. The van der Waals surface area contributed by atoms with E-state index in [1.807, 2.05) is 42.5 Å². The van der Waals surface area contributed by atoms with Crippen molar-refractivity contribution in [2.75, 3.05) is 17.3 Å². The van der Waals surface area contributed by atoms with Crippen LogP contribution in [0.15, 0.2) is 77.9 Å². The molecule has 0 saturated carbocycles. The van der Waals surface area contributed by atoms with Crippen LogP contribution in [0.5, 0.6) is 0 Å². The number of aryl methyl sites for hydroxylation is 1. The molecule has 2 N–H and O–H groups in total. The summed E-state index contributed by atoms with van der Waals surface area (Å²) in [5, 5.41) is 7.87. The summed E-state index contributed by atoms with van der Waals surface area (Å²) in [6, 6.07) is 24.5. The fourth-order valence-electron chi connectivity index (χ4n) is 2.79. The Balaban J connectivity index is 1.57. The molecule has 0 saturated heterocycles. The Hall–Kier alpha value is -3.18. The molecule has 0 aromatic heterocycles. The molecule has 4 nitrogen and oxygen atoms in total. The molecule has 3 aromatic carbocycles. The Bertz CT molecular complexity index is 966. The van der Waals surface area contributed by atoms with E-state index in [-0.39, 0.29) is 0 Å². The zero-order chi connectivity index (χ0) is 19.9. The number of nitrogens with zero attached hydrogens (tertiary/aromatic N) is 2. The highest BCUT2D eigenvalue weighted by molar-refractivity contribution is 7.80. The highest BCUT2D eigenvalue weighted by Gasteiger charge is 2.03. The van der Waals surface area contributed by atoms with Gasteiger partial charge in [-0.2, -0.15) is 5.10 Å². The van der Waals surface area contributed by atoms with Gasteiger partial charge in [0.25, 0.3) is 0 Å². The van der Waals surface area contributed by atoms with Gasteiger partial charge >= 0.3 is 0 Å². The largest absolute Gasteiger partial charge is 0.345 e. The predicted molar refractivity (Wildman–Crippen MR) is 124 cm³/mol. The first kappa shape index (κ1) is 19.6. The fraction of sp³-hybridized carbons (Fsp3) is 0.130. The molecule has 0 aliphatic carbocycles. The quantitative estimate of drug-likeness (QED) is 0.349. The summed E-state index contributed by atoms with van der Waals surface area (Å²) in [7, 11) is 2.05. The van der Waals surface area contributed by atoms with Crippen molar-refractivity contribution < 1.29 is 0 Å². The van der Waals surface area contributed by atoms with Crippen molar-refractivity contribution in [3.63, 3.8) is 0 Å². The third-order valence-electron chi connectivity index (χ3n) is 4.66. The van der Waals surface area contributed by atoms with Crippen LogP contribution in [0.3, 0.4) is 0 Å². The van der Waals surface area contributed by atoms with Crippen LogP contribution in [0.2, 0.25) is 0 Å². The normalized spacial score (nSPS) is 10.7. The molecule has 0 amide bonds. The Morgan fingerprint density at radius 3 is 2.29 bits per heavy atom. The minimum absolute atomic E-state index is 0.463. The van der Waals surface area contributed by atoms with Crippen LogP contribution in [-0.4, -0.2) is 18.4 Å². The van der Waals surface area contributed by atoms with Crippen LogP contribution in [0.4, 0.5) is 17.1 Å². The lowest BCUT2D eigenvalue weighted by atomic mass is 10.1. The standard InChI is InChI=1S/C23H24N4S/c1-17-8-7-11-22(18(17)2)25-23(28)26-24-16-19-12-14-21(15-13-19)27(3)20-9-5-4-6-10-20/h4-16H,1-3H3,(H2,25,26,28). The summed E-state index contributed by atoms with van der Waals surface area (Å²) in [6.45, 7) is 4.14. The van der Waals surface area contributed by atoms with Gasteiger partial charge in [0.15, 0.2) is 5.11 Å². The second-order valence-corrected chi connectivity index (χ2v) is 6.97. The molecule has 3 aromatic rings. The van der Waals surface area contributed by atoms with Crippen LogP contribution in [-0.2, 0) is 0 Å². The molecule has 0 radical (unpaired) electrons. The molecule has 142 valence electrons. The summed E-state index contributed by atoms with van der Waals surface area (Å²) in [5.41, 5.74) is 9.50. The second-order valence-electron chi connectivity index (χ2n) is 6.56. The van der Waals surface area contributed by atoms with Gasteiger partial charge in [-0.1, -0.05) is 42.5 Å². The van der Waals surface area contributed by atoms with Crippen LogP contribution in [0.25, 0.3) is 0 Å². The van der Waals surface area contributed by atoms with Crippen molar-refractivity contribution in [2.24, 2.45) is 5.10 Å². The van der Waals surface area contributed by atoms with E-state index in [2.05, 4.69) is 72.0 Å². The number of benzene rings is 3. The van der Waals surface area contributed by atoms with Crippen molar-refractivity contribution in [1.29, 1.82) is 0 Å². The van der Waals surface area contributed by atoms with E-state index in [1.54, 1.807) is 6.21 Å². The zero-order valence-corrected chi connectivity index (χ0v) is 17.1. The molecule has 28 heavy (non-hydrogen) atoms. The maximum Gasteiger partial charge on any atom is 0.191 e. The Morgan fingerprint density at radius 2 is 1.57 bits per heavy atom. The van der Waals surface area contributed by atoms with Crippen molar-refractivity contribution in [3.8, 4) is 0 Å². The van der Waals surface area contributed by atoms with Gasteiger partial charge in [0, 0.05) is 24.1 Å². The molecular weight excluding hydrogens is 364 g/mol. The summed E-state index contributed by atoms with van der Waals surface area (Å²) in [4.78, 5) is 2.14. The third kappa shape index (κ3) is 4.96. The van der Waals surface area contributed by atoms with Crippen molar-refractivity contribution in [3.05, 3.63) is 89.5 Å². The van der Waals surface area contributed by atoms with Crippen LogP contribution < -0.4 is 15.6 Å². The minimum atomic E-state index is 0.463. The maximum absolute atomic E-state index is 5.32. The first-order valence-corrected chi connectivity index (χ1v) is 9.50. The van der Waals surface area contributed by atoms with E-state index < -0.39 is 0 Å². The Kier molecular flexibility index (Phi) is 6.40. The number of thiocarbonyl (C=S) groups is 1. The molecule has 0 heterocycles. The summed E-state index contributed by atoms with van der Waals surface area (Å²) < 4.78 is 0. The van der Waals surface area contributed by atoms with Crippen LogP contribution in [0, 0.1) is 13.8 Å². The topological polar surface area (TPSA) is 39.7 Å². The maximum atomic E-state index is 5.32. The molecule has 3 rings (SSSR count). The highest BCUT2D eigenvalue weighted by Crippen LogP contribution is 2.23. The van der Waals surface area contributed by atoms with Gasteiger partial charge in [-0.25, -0.2) is 0 Å². The molecule has 5 heteroatoms. The molecule has 0 fully saturated rings. The van der Waals surface area contributed by atoms with Crippen LogP contribution >= 0.6 is 12.2 Å². The van der Waals surface area contributed by atoms with E-state index in [0.29, 0.717) is 5.11 Å². The minimum Gasteiger partial charge on any atom is -0.345 e. The number of anilines is 3. The van der Waals surface area contributed by atoms with Gasteiger partial charge in [-0.15, -0.1) is 0 Å². The van der Waals surface area contributed by atoms with E-state index >= 15 is 0 Å². The average molecular weight is 389 g/mol. The Morgan fingerprint density at radius 1 is 0.893 bits per heavy atom. The van der Waals surface area contributed by atoms with E-state index in [1.165, 1.54) is 11.1 Å². The van der Waals surface area contributed by atoms with Crippen molar-refractivity contribution >= 4 is 40.6 Å². The third-order valence-corrected chi connectivity index (χ3v) is 4.85. The van der Waals surface area contributed by atoms with E-state index in [0.717, 1.165) is 22.6 Å². The molecule has 0 bridgehead atoms. The molecular formula is C23H24N4S. The van der Waals surface area contributed by atoms with Gasteiger partial charge in [-0.05, 0) is 73.1 Å². The second kappa shape index (κ2) is 9.15. The van der Waals surface area contributed by atoms with Crippen molar-refractivity contribution in [1.82, 2.24) is 5.43 Å². The van der Waals surface area contributed by atoms with E-state index in [9.17, 15) is 0 Å². The van der Waals surface area contributed by atoms with Crippen molar-refractivity contribution in [2.45, 2.75) is 13.8 Å². The molecule has 0 unspecified atom stereocenters. The molecule has 0 aliphatic heterocycles. The number of hydrogen-bond donors (Lipinski definition) is 2. The lowest BCUT2D eigenvalue weighted by molar-refractivity contribution is 1.05. The lowest BCUT2D eigenvalue weighted by Gasteiger charge is -2.19. The van der Waals surface area contributed by atoms with Gasteiger partial charge in [0.2, 0.25) is 0 Å². The lowest BCUT2D eigenvalue weighted by Crippen LogP contribution is -2.24. The predicted octanol–water partition coefficient (Wildman–Crippen LogP) is 5.39. The number of rotatable bonds is 5. The summed E-state index contributed by atoms with van der Waals surface area (Å²) in [5.74, 6) is 0. The number of hydrogen-bond acceptors (Lipinski definition) is 3. The van der Waals surface area contributed by atoms with Crippen LogP contribution in [0.1, 0.15) is 16.7 Å². The highest BCUT2D eigenvalue weighted by atomic mass is 32.1. The fourth-order valence-corrected chi connectivity index (χ4v) is 2.95. The molecule has 0 atom stereocenters. The number of para-hydroxylation sites is 1. The van der Waals surface area contributed by atoms with Gasteiger partial charge in [-0.3, -0.25) is 5.43 Å². The first-order chi connectivity index (χ1) is 13.5. The van der Waals surface area contributed by atoms with Gasteiger partial charge < -0.3 is 10.2 Å². The number of nitrogens with one attached hydrogen (secondary N) is 2. The van der Waals surface area contributed by atoms with Gasteiger partial charge in [0.1, 0.15) is 0 Å². The monoisotopic (exact) mass is 388 g/mol. The molecule has 0 aliphatic rings. The SMILES string of the molecule is Cc1cccc(NC(=S)NN=Cc2ccc(N(C)c3ccccc3)cc2)c1C. The molecule has 0 spiro atoms. The van der Waals surface area contributed by atoms with E-state index in [4.69, 9.17) is 12.2 Å².